The van der Waals surface area contributed by atoms with Gasteiger partial charge in [-0.15, -0.1) is 0 Å². The Kier molecular flexibility index (Phi) is 6.04. The van der Waals surface area contributed by atoms with E-state index in [1.54, 1.807) is 11.9 Å². The van der Waals surface area contributed by atoms with Gasteiger partial charge in [0.1, 0.15) is 0 Å². The van der Waals surface area contributed by atoms with E-state index in [1.807, 2.05) is 18.9 Å². The van der Waals surface area contributed by atoms with E-state index in [1.165, 1.54) is 11.1 Å². The van der Waals surface area contributed by atoms with Crippen molar-refractivity contribution >= 4 is 15.7 Å². The second-order valence-corrected chi connectivity index (χ2v) is 9.00. The zero-order chi connectivity index (χ0) is 17.9. The monoisotopic (exact) mass is 352 g/mol. The van der Waals surface area contributed by atoms with E-state index >= 15 is 0 Å². The Morgan fingerprint density at radius 3 is 2.29 bits per heavy atom. The first-order valence-corrected chi connectivity index (χ1v) is 10.3. The number of carbonyl (C=O) groups excluding carboxylic acids is 1. The molecule has 6 heteroatoms. The highest BCUT2D eigenvalue weighted by atomic mass is 32.2. The summed E-state index contributed by atoms with van der Waals surface area (Å²) in [7, 11) is 0.660. The van der Waals surface area contributed by atoms with Gasteiger partial charge >= 0.3 is 0 Å². The molecule has 1 aromatic carbocycles. The molecule has 0 saturated carbocycles. The number of likely N-dealkylation sites (N-methyl/N-ethyl adjacent to an activating group) is 2. The summed E-state index contributed by atoms with van der Waals surface area (Å²) in [6.45, 7) is 4.69. The van der Waals surface area contributed by atoms with Gasteiger partial charge in [-0.05, 0) is 37.9 Å². The summed E-state index contributed by atoms with van der Waals surface area (Å²) in [6, 6.07) is 7.95. The third kappa shape index (κ3) is 4.57. The second-order valence-electron chi connectivity index (χ2n) is 6.77. The van der Waals surface area contributed by atoms with Crippen molar-refractivity contribution in [1.82, 2.24) is 9.80 Å². The summed E-state index contributed by atoms with van der Waals surface area (Å²) in [5.41, 5.74) is 2.47. The molecule has 0 radical (unpaired) electrons. The minimum absolute atomic E-state index is 0.0234. The van der Waals surface area contributed by atoms with E-state index < -0.39 is 9.84 Å². The Hall–Kier alpha value is -1.40. The Labute approximate surface area is 145 Å². The molecule has 0 spiro atoms. The minimum Gasteiger partial charge on any atom is -0.340 e. The third-order valence-electron chi connectivity index (χ3n) is 4.99. The molecule has 1 aliphatic heterocycles. The molecule has 134 valence electrons. The molecule has 2 rings (SSSR count). The number of amides is 1. The van der Waals surface area contributed by atoms with Crippen LogP contribution < -0.4 is 0 Å². The molecule has 24 heavy (non-hydrogen) atoms. The van der Waals surface area contributed by atoms with Gasteiger partial charge in [0, 0.05) is 19.6 Å². The molecule has 1 aliphatic rings. The molecule has 1 aromatic rings. The largest absolute Gasteiger partial charge is 0.340 e. The first kappa shape index (κ1) is 18.9. The van der Waals surface area contributed by atoms with E-state index in [2.05, 4.69) is 31.2 Å². The number of rotatable bonds is 6. The summed E-state index contributed by atoms with van der Waals surface area (Å²) in [5, 5.41) is 0. The zero-order valence-corrected chi connectivity index (χ0v) is 15.8. The molecule has 0 aliphatic carbocycles. The number of nitrogens with zero attached hydrogens (tertiary/aromatic N) is 2. The van der Waals surface area contributed by atoms with Crippen LogP contribution in [0.5, 0.6) is 0 Å². The number of sulfone groups is 1. The molecule has 5 nitrogen and oxygen atoms in total. The molecular formula is C18H28N2O3S. The maximum atomic E-state index is 12.7. The zero-order valence-electron chi connectivity index (χ0n) is 15.0. The average molecular weight is 353 g/mol. The SMILES string of the molecule is CCc1ccc(CN(C)[C@H](C)C(=O)N(C)[C@@H]2CCS(=O)(=O)C2)cc1. The van der Waals surface area contributed by atoms with Gasteiger partial charge in [0.15, 0.2) is 9.84 Å². The Bertz CT molecular complexity index is 670. The molecule has 0 bridgehead atoms. The van der Waals surface area contributed by atoms with Gasteiger partial charge in [-0.2, -0.15) is 0 Å². The highest BCUT2D eigenvalue weighted by Gasteiger charge is 2.34. The van der Waals surface area contributed by atoms with Crippen LogP contribution >= 0.6 is 0 Å². The lowest BCUT2D eigenvalue weighted by Crippen LogP contribution is -2.48. The van der Waals surface area contributed by atoms with Crippen molar-refractivity contribution in [3.05, 3.63) is 35.4 Å². The van der Waals surface area contributed by atoms with Crippen molar-refractivity contribution < 1.29 is 13.2 Å². The van der Waals surface area contributed by atoms with Gasteiger partial charge in [-0.1, -0.05) is 31.2 Å². The van der Waals surface area contributed by atoms with E-state index in [0.29, 0.717) is 13.0 Å². The van der Waals surface area contributed by atoms with Crippen molar-refractivity contribution in [1.29, 1.82) is 0 Å². The van der Waals surface area contributed by atoms with Crippen LogP contribution in [0, 0.1) is 0 Å². The van der Waals surface area contributed by atoms with Gasteiger partial charge in [0.2, 0.25) is 5.91 Å². The van der Waals surface area contributed by atoms with E-state index in [-0.39, 0.29) is 29.5 Å². The quantitative estimate of drug-likeness (QED) is 0.782. The van der Waals surface area contributed by atoms with Gasteiger partial charge in [0.25, 0.3) is 0 Å². The molecule has 0 unspecified atom stereocenters. The molecule has 1 fully saturated rings. The number of benzene rings is 1. The van der Waals surface area contributed by atoms with Crippen LogP contribution in [0.4, 0.5) is 0 Å². The van der Waals surface area contributed by atoms with Crippen LogP contribution in [-0.2, 0) is 27.6 Å². The number of carbonyl (C=O) groups is 1. The summed E-state index contributed by atoms with van der Waals surface area (Å²) in [5.74, 6) is 0.248. The molecule has 0 N–H and O–H groups in total. The van der Waals surface area contributed by atoms with Crippen molar-refractivity contribution in [2.45, 2.75) is 45.3 Å². The number of aryl methyl sites for hydroxylation is 1. The van der Waals surface area contributed by atoms with E-state index in [4.69, 9.17) is 0 Å². The normalized spacial score (nSPS) is 21.0. The second kappa shape index (κ2) is 7.66. The Balaban J connectivity index is 1.95. The van der Waals surface area contributed by atoms with Gasteiger partial charge < -0.3 is 4.90 Å². The summed E-state index contributed by atoms with van der Waals surface area (Å²) in [6.07, 6.45) is 1.56. The number of hydrogen-bond donors (Lipinski definition) is 0. The predicted molar refractivity (Wildman–Crippen MR) is 96.6 cm³/mol. The van der Waals surface area contributed by atoms with Crippen molar-refractivity contribution in [2.24, 2.45) is 0 Å². The third-order valence-corrected chi connectivity index (χ3v) is 6.74. The fraction of sp³-hybridized carbons (Fsp3) is 0.611. The van der Waals surface area contributed by atoms with E-state index in [0.717, 1.165) is 6.42 Å². The lowest BCUT2D eigenvalue weighted by atomic mass is 10.1. The van der Waals surface area contributed by atoms with Gasteiger partial charge in [0.05, 0.1) is 17.5 Å². The first-order valence-electron chi connectivity index (χ1n) is 8.48. The lowest BCUT2D eigenvalue weighted by Gasteiger charge is -2.31. The average Bonchev–Trinajstić information content (AvgIpc) is 2.93. The maximum absolute atomic E-state index is 12.7. The fourth-order valence-electron chi connectivity index (χ4n) is 3.05. The highest BCUT2D eigenvalue weighted by molar-refractivity contribution is 7.91. The van der Waals surface area contributed by atoms with E-state index in [9.17, 15) is 13.2 Å². The molecular weight excluding hydrogens is 324 g/mol. The van der Waals surface area contributed by atoms with Gasteiger partial charge in [-0.3, -0.25) is 9.69 Å². The minimum atomic E-state index is -2.98. The molecule has 2 atom stereocenters. The van der Waals surface area contributed by atoms with Crippen molar-refractivity contribution in [2.75, 3.05) is 25.6 Å². The predicted octanol–water partition coefficient (Wildman–Crippen LogP) is 1.71. The fourth-order valence-corrected chi connectivity index (χ4v) is 4.82. The van der Waals surface area contributed by atoms with Crippen molar-refractivity contribution in [3.63, 3.8) is 0 Å². The van der Waals surface area contributed by atoms with Crippen LogP contribution in [0.15, 0.2) is 24.3 Å². The molecule has 1 amide bonds. The topological polar surface area (TPSA) is 57.7 Å². The maximum Gasteiger partial charge on any atom is 0.239 e. The van der Waals surface area contributed by atoms with Crippen LogP contribution in [-0.4, -0.2) is 61.8 Å². The Morgan fingerprint density at radius 1 is 1.21 bits per heavy atom. The summed E-state index contributed by atoms with van der Waals surface area (Å²) in [4.78, 5) is 16.3. The van der Waals surface area contributed by atoms with Crippen LogP contribution in [0.25, 0.3) is 0 Å². The molecule has 1 saturated heterocycles. The molecule has 1 heterocycles. The van der Waals surface area contributed by atoms with Crippen molar-refractivity contribution in [3.8, 4) is 0 Å². The smallest absolute Gasteiger partial charge is 0.239 e. The molecule has 0 aromatic heterocycles. The van der Waals surface area contributed by atoms with Crippen LogP contribution in [0.2, 0.25) is 0 Å². The van der Waals surface area contributed by atoms with Gasteiger partial charge in [-0.25, -0.2) is 8.42 Å². The van der Waals surface area contributed by atoms with Crippen LogP contribution in [0.3, 0.4) is 0 Å². The Morgan fingerprint density at radius 2 is 1.79 bits per heavy atom. The summed E-state index contributed by atoms with van der Waals surface area (Å²) >= 11 is 0. The highest BCUT2D eigenvalue weighted by Crippen LogP contribution is 2.18. The summed E-state index contributed by atoms with van der Waals surface area (Å²) < 4.78 is 23.2. The lowest BCUT2D eigenvalue weighted by molar-refractivity contribution is -0.136. The standard InChI is InChI=1S/C18H28N2O3S/c1-5-15-6-8-16(9-7-15)12-19(3)14(2)18(21)20(4)17-10-11-24(22,23)13-17/h6-9,14,17H,5,10-13H2,1-4H3/t14-,17-/m1/s1. The first-order chi connectivity index (χ1) is 11.2. The number of hydrogen-bond acceptors (Lipinski definition) is 4. The van der Waals surface area contributed by atoms with Crippen LogP contribution in [0.1, 0.15) is 31.4 Å².